The van der Waals surface area contributed by atoms with E-state index in [0.717, 1.165) is 0 Å². The van der Waals surface area contributed by atoms with Crippen LogP contribution in [-0.2, 0) is 9.53 Å². The lowest BCUT2D eigenvalue weighted by Crippen LogP contribution is -2.29. The minimum absolute atomic E-state index is 0.247. The van der Waals surface area contributed by atoms with Crippen molar-refractivity contribution in [3.8, 4) is 0 Å². The molecule has 0 aromatic heterocycles. The van der Waals surface area contributed by atoms with Crippen molar-refractivity contribution in [3.05, 3.63) is 0 Å². The zero-order valence-corrected chi connectivity index (χ0v) is 7.91. The molecule has 1 atom stereocenters. The molecule has 4 heteroatoms. The Kier molecular flexibility index (Phi) is 5.66. The first-order valence-corrected chi connectivity index (χ1v) is 3.99. The number of esters is 1. The fraction of sp³-hybridized carbons (Fsp3) is 0.875. The first kappa shape index (κ1) is 11.4. The van der Waals surface area contributed by atoms with Gasteiger partial charge in [-0.2, -0.15) is 0 Å². The lowest BCUT2D eigenvalue weighted by atomic mass is 10.3. The molecule has 0 rings (SSSR count). The topological polar surface area (TPSA) is 49.8 Å². The lowest BCUT2D eigenvalue weighted by Gasteiger charge is -2.15. The zero-order chi connectivity index (χ0) is 9.56. The number of likely N-dealkylation sites (N-methyl/N-ethyl adjacent to an activating group) is 1. The zero-order valence-electron chi connectivity index (χ0n) is 7.91. The van der Waals surface area contributed by atoms with Crippen molar-refractivity contribution in [1.82, 2.24) is 4.90 Å². The van der Waals surface area contributed by atoms with Crippen molar-refractivity contribution in [2.75, 3.05) is 27.2 Å². The molecular weight excluding hydrogens is 158 g/mol. The average Bonchev–Trinajstić information content (AvgIpc) is 2.00. The van der Waals surface area contributed by atoms with Crippen LogP contribution in [0.15, 0.2) is 0 Å². The van der Waals surface area contributed by atoms with Crippen LogP contribution in [0, 0.1) is 0 Å². The van der Waals surface area contributed by atoms with Gasteiger partial charge in [0.25, 0.3) is 0 Å². The van der Waals surface area contributed by atoms with Gasteiger partial charge in [-0.1, -0.05) is 0 Å². The Morgan fingerprint density at radius 1 is 1.67 bits per heavy atom. The highest BCUT2D eigenvalue weighted by molar-refractivity contribution is 5.71. The third-order valence-corrected chi connectivity index (χ3v) is 1.56. The van der Waals surface area contributed by atoms with E-state index in [0.29, 0.717) is 13.0 Å². The molecule has 0 aromatic rings. The van der Waals surface area contributed by atoms with Crippen LogP contribution < -0.4 is 0 Å². The van der Waals surface area contributed by atoms with Crippen molar-refractivity contribution in [2.24, 2.45) is 0 Å². The lowest BCUT2D eigenvalue weighted by molar-refractivity contribution is -0.141. The van der Waals surface area contributed by atoms with Crippen LogP contribution in [-0.4, -0.2) is 49.3 Å². The quantitative estimate of drug-likeness (QED) is 0.591. The van der Waals surface area contributed by atoms with E-state index in [2.05, 4.69) is 4.74 Å². The number of carbonyl (C=O) groups is 1. The summed E-state index contributed by atoms with van der Waals surface area (Å²) in [5.41, 5.74) is 0. The number of methoxy groups -OCH3 is 1. The Morgan fingerprint density at radius 2 is 2.25 bits per heavy atom. The number of nitrogens with zero attached hydrogens (tertiary/aromatic N) is 1. The van der Waals surface area contributed by atoms with Crippen molar-refractivity contribution in [1.29, 1.82) is 0 Å². The van der Waals surface area contributed by atoms with Gasteiger partial charge >= 0.3 is 5.97 Å². The summed E-state index contributed by atoms with van der Waals surface area (Å²) >= 11 is 0. The average molecular weight is 175 g/mol. The van der Waals surface area contributed by atoms with E-state index in [1.165, 1.54) is 7.11 Å². The second-order valence-corrected chi connectivity index (χ2v) is 2.95. The van der Waals surface area contributed by atoms with Crippen molar-refractivity contribution in [3.63, 3.8) is 0 Å². The summed E-state index contributed by atoms with van der Waals surface area (Å²) in [4.78, 5) is 12.6. The van der Waals surface area contributed by atoms with Crippen LogP contribution in [0.5, 0.6) is 0 Å². The Bertz CT molecular complexity index is 136. The number of ether oxygens (including phenoxy) is 1. The van der Waals surface area contributed by atoms with Gasteiger partial charge in [0.05, 0.1) is 19.8 Å². The molecule has 0 aliphatic heterocycles. The Hall–Kier alpha value is -0.610. The first-order valence-electron chi connectivity index (χ1n) is 3.99. The molecule has 0 aliphatic carbocycles. The molecule has 12 heavy (non-hydrogen) atoms. The number of rotatable bonds is 5. The van der Waals surface area contributed by atoms with Gasteiger partial charge in [0, 0.05) is 6.54 Å². The van der Waals surface area contributed by atoms with Gasteiger partial charge < -0.3 is 9.84 Å². The minimum Gasteiger partial charge on any atom is -0.468 e. The van der Waals surface area contributed by atoms with E-state index < -0.39 is 0 Å². The molecule has 0 spiro atoms. The van der Waals surface area contributed by atoms with Crippen LogP contribution >= 0.6 is 0 Å². The van der Waals surface area contributed by atoms with E-state index in [9.17, 15) is 4.79 Å². The first-order chi connectivity index (χ1) is 5.56. The predicted molar refractivity (Wildman–Crippen MR) is 45.8 cm³/mol. The molecule has 72 valence electrons. The molecule has 0 saturated carbocycles. The summed E-state index contributed by atoms with van der Waals surface area (Å²) in [5.74, 6) is -0.247. The van der Waals surface area contributed by atoms with Crippen LogP contribution in [0.4, 0.5) is 0 Å². The summed E-state index contributed by atoms with van der Waals surface area (Å²) in [6.07, 6.45) is 0.359. The van der Waals surface area contributed by atoms with E-state index in [-0.39, 0.29) is 18.6 Å². The van der Waals surface area contributed by atoms with Crippen molar-refractivity contribution in [2.45, 2.75) is 19.4 Å². The number of carbonyl (C=O) groups excluding carboxylic acids is 1. The summed E-state index contributed by atoms with van der Waals surface area (Å²) in [5, 5.41) is 8.95. The van der Waals surface area contributed by atoms with Gasteiger partial charge in [0.15, 0.2) is 0 Å². The van der Waals surface area contributed by atoms with Crippen LogP contribution in [0.25, 0.3) is 0 Å². The van der Waals surface area contributed by atoms with Gasteiger partial charge in [-0.15, -0.1) is 0 Å². The number of hydrogen-bond donors (Lipinski definition) is 1. The molecule has 0 bridgehead atoms. The van der Waals surface area contributed by atoms with Gasteiger partial charge in [-0.25, -0.2) is 0 Å². The molecule has 1 unspecified atom stereocenters. The van der Waals surface area contributed by atoms with E-state index in [1.807, 2.05) is 11.9 Å². The van der Waals surface area contributed by atoms with E-state index in [1.54, 1.807) is 6.92 Å². The fourth-order valence-corrected chi connectivity index (χ4v) is 0.771. The highest BCUT2D eigenvalue weighted by Crippen LogP contribution is 1.93. The second-order valence-electron chi connectivity index (χ2n) is 2.95. The molecular formula is C8H17NO3. The molecule has 0 aromatic carbocycles. The summed E-state index contributed by atoms with van der Waals surface area (Å²) in [6.45, 7) is 2.71. The third kappa shape index (κ3) is 6.12. The maximum Gasteiger partial charge on any atom is 0.319 e. The summed E-state index contributed by atoms with van der Waals surface area (Å²) < 4.78 is 4.48. The molecule has 0 radical (unpaired) electrons. The largest absolute Gasteiger partial charge is 0.468 e. The molecule has 0 amide bonds. The fourth-order valence-electron chi connectivity index (χ4n) is 0.771. The monoisotopic (exact) mass is 175 g/mol. The third-order valence-electron chi connectivity index (χ3n) is 1.56. The van der Waals surface area contributed by atoms with Crippen molar-refractivity contribution >= 4 is 5.97 Å². The Balaban J connectivity index is 3.45. The summed E-state index contributed by atoms with van der Waals surface area (Å²) in [6, 6.07) is 0. The van der Waals surface area contributed by atoms with Gasteiger partial charge in [0.1, 0.15) is 0 Å². The standard InChI is InChI=1S/C8H17NO3/c1-7(10)4-5-9(2)6-8(11)12-3/h7,10H,4-6H2,1-3H3. The van der Waals surface area contributed by atoms with Crippen molar-refractivity contribution < 1.29 is 14.6 Å². The van der Waals surface area contributed by atoms with Crippen LogP contribution in [0.3, 0.4) is 0 Å². The molecule has 4 nitrogen and oxygen atoms in total. The molecule has 0 fully saturated rings. The minimum atomic E-state index is -0.315. The molecule has 1 N–H and O–H groups in total. The predicted octanol–water partition coefficient (Wildman–Crippen LogP) is -0.138. The van der Waals surface area contributed by atoms with E-state index in [4.69, 9.17) is 5.11 Å². The van der Waals surface area contributed by atoms with Gasteiger partial charge in [-0.3, -0.25) is 9.69 Å². The Labute approximate surface area is 73.1 Å². The number of aliphatic hydroxyl groups excluding tert-OH is 1. The highest BCUT2D eigenvalue weighted by atomic mass is 16.5. The van der Waals surface area contributed by atoms with Gasteiger partial charge in [0.2, 0.25) is 0 Å². The number of hydrogen-bond acceptors (Lipinski definition) is 4. The summed E-state index contributed by atoms with van der Waals surface area (Å²) in [7, 11) is 3.18. The SMILES string of the molecule is COC(=O)CN(C)CCC(C)O. The maximum atomic E-state index is 10.7. The molecule has 0 saturated heterocycles. The highest BCUT2D eigenvalue weighted by Gasteiger charge is 2.06. The smallest absolute Gasteiger partial charge is 0.319 e. The van der Waals surface area contributed by atoms with Gasteiger partial charge in [-0.05, 0) is 20.4 Å². The molecule has 0 heterocycles. The van der Waals surface area contributed by atoms with Crippen LogP contribution in [0.2, 0.25) is 0 Å². The Morgan fingerprint density at radius 3 is 2.67 bits per heavy atom. The number of aliphatic hydroxyl groups is 1. The molecule has 0 aliphatic rings. The van der Waals surface area contributed by atoms with E-state index >= 15 is 0 Å². The maximum absolute atomic E-state index is 10.7. The normalized spacial score (nSPS) is 13.1. The second kappa shape index (κ2) is 5.97. The van der Waals surface area contributed by atoms with Crippen LogP contribution in [0.1, 0.15) is 13.3 Å².